The average molecular weight is 426 g/mol. The van der Waals surface area contributed by atoms with Gasteiger partial charge in [0.25, 0.3) is 5.91 Å². The van der Waals surface area contributed by atoms with Crippen molar-refractivity contribution in [1.82, 2.24) is 15.5 Å². The minimum atomic E-state index is -0.359. The van der Waals surface area contributed by atoms with E-state index in [1.807, 2.05) is 54.6 Å². The molecule has 0 spiro atoms. The van der Waals surface area contributed by atoms with Crippen molar-refractivity contribution < 1.29 is 9.59 Å². The Labute approximate surface area is 184 Å². The molecule has 0 aliphatic carbocycles. The number of nitrogens with zero attached hydrogens (tertiary/aromatic N) is 1. The van der Waals surface area contributed by atoms with Crippen LogP contribution in [0, 0.1) is 0 Å². The lowest BCUT2D eigenvalue weighted by molar-refractivity contribution is 0.0964. The highest BCUT2D eigenvalue weighted by Gasteiger charge is 2.18. The zero-order valence-corrected chi connectivity index (χ0v) is 17.3. The standard InChI is InChI=1S/C24H22N6O2/c1-26-23(31)20-21(29-30-22(20)25)17-9-13-19(14-10-17)28-24(32)27-18-11-7-16(8-12-18)15-5-3-2-4-6-15/h2-14H,1H3,(H,26,31)(H3,25,29,30)(H2,27,28,32). The lowest BCUT2D eigenvalue weighted by Gasteiger charge is -2.09. The van der Waals surface area contributed by atoms with Gasteiger partial charge in [0.05, 0.1) is 5.69 Å². The first-order valence-electron chi connectivity index (χ1n) is 9.95. The van der Waals surface area contributed by atoms with Gasteiger partial charge in [-0.15, -0.1) is 0 Å². The van der Waals surface area contributed by atoms with Crippen LogP contribution in [0.4, 0.5) is 22.0 Å². The Morgan fingerprint density at radius 2 is 1.31 bits per heavy atom. The van der Waals surface area contributed by atoms with E-state index < -0.39 is 0 Å². The maximum Gasteiger partial charge on any atom is 0.323 e. The molecule has 8 heteroatoms. The lowest BCUT2D eigenvalue weighted by Crippen LogP contribution is -2.19. The summed E-state index contributed by atoms with van der Waals surface area (Å²) in [6.07, 6.45) is 0. The van der Waals surface area contributed by atoms with Crippen LogP contribution < -0.4 is 21.7 Å². The maximum absolute atomic E-state index is 12.4. The molecule has 0 bridgehead atoms. The van der Waals surface area contributed by atoms with E-state index in [9.17, 15) is 9.59 Å². The van der Waals surface area contributed by atoms with Gasteiger partial charge in [-0.2, -0.15) is 5.10 Å². The zero-order chi connectivity index (χ0) is 22.5. The third-order valence-corrected chi connectivity index (χ3v) is 4.93. The molecule has 0 radical (unpaired) electrons. The predicted molar refractivity (Wildman–Crippen MR) is 126 cm³/mol. The van der Waals surface area contributed by atoms with Crippen LogP contribution in [0.15, 0.2) is 78.9 Å². The number of anilines is 3. The van der Waals surface area contributed by atoms with Crippen molar-refractivity contribution in [3.05, 3.63) is 84.4 Å². The SMILES string of the molecule is CNC(=O)c1c(N)n[nH]c1-c1ccc(NC(=O)Nc2ccc(-c3ccccc3)cc2)cc1. The van der Waals surface area contributed by atoms with Gasteiger partial charge in [0.1, 0.15) is 5.56 Å². The molecule has 0 aliphatic rings. The number of H-pyrrole nitrogens is 1. The molecule has 32 heavy (non-hydrogen) atoms. The molecule has 8 nitrogen and oxygen atoms in total. The molecule has 160 valence electrons. The average Bonchev–Trinajstić information content (AvgIpc) is 3.21. The molecule has 1 heterocycles. The number of hydrogen-bond acceptors (Lipinski definition) is 4. The Hall–Kier alpha value is -4.59. The molecule has 4 aromatic rings. The van der Waals surface area contributed by atoms with E-state index in [4.69, 9.17) is 5.73 Å². The largest absolute Gasteiger partial charge is 0.382 e. The minimum Gasteiger partial charge on any atom is -0.382 e. The zero-order valence-electron chi connectivity index (χ0n) is 17.3. The summed E-state index contributed by atoms with van der Waals surface area (Å²) in [6, 6.07) is 24.3. The topological polar surface area (TPSA) is 125 Å². The first-order valence-corrected chi connectivity index (χ1v) is 9.95. The molecule has 0 saturated heterocycles. The van der Waals surface area contributed by atoms with Crippen LogP contribution in [-0.2, 0) is 0 Å². The molecule has 3 aromatic carbocycles. The first kappa shape index (κ1) is 20.7. The number of hydrogen-bond donors (Lipinski definition) is 5. The van der Waals surface area contributed by atoms with Crippen molar-refractivity contribution in [2.45, 2.75) is 0 Å². The number of carbonyl (C=O) groups excluding carboxylic acids is 2. The van der Waals surface area contributed by atoms with E-state index in [2.05, 4.69) is 26.1 Å². The molecule has 3 amide bonds. The van der Waals surface area contributed by atoms with Gasteiger partial charge in [0.15, 0.2) is 5.82 Å². The molecular weight excluding hydrogens is 404 g/mol. The number of amides is 3. The summed E-state index contributed by atoms with van der Waals surface area (Å²) in [7, 11) is 1.53. The summed E-state index contributed by atoms with van der Waals surface area (Å²) in [6.45, 7) is 0. The number of nitrogen functional groups attached to an aromatic ring is 1. The molecule has 0 fully saturated rings. The highest BCUT2D eigenvalue weighted by atomic mass is 16.2. The summed E-state index contributed by atoms with van der Waals surface area (Å²) in [5.74, 6) is -0.203. The number of nitrogens with one attached hydrogen (secondary N) is 4. The van der Waals surface area contributed by atoms with Gasteiger partial charge in [0.2, 0.25) is 0 Å². The molecule has 1 aromatic heterocycles. The van der Waals surface area contributed by atoms with Crippen LogP contribution in [0.25, 0.3) is 22.4 Å². The van der Waals surface area contributed by atoms with Crippen LogP contribution in [-0.4, -0.2) is 29.2 Å². The van der Waals surface area contributed by atoms with Crippen molar-refractivity contribution >= 4 is 29.1 Å². The van der Waals surface area contributed by atoms with Crippen molar-refractivity contribution in [2.24, 2.45) is 0 Å². The van der Waals surface area contributed by atoms with E-state index in [0.717, 1.165) is 16.7 Å². The number of nitrogens with two attached hydrogens (primary N) is 1. The molecule has 0 atom stereocenters. The van der Waals surface area contributed by atoms with Crippen LogP contribution in [0.3, 0.4) is 0 Å². The number of carbonyl (C=O) groups is 2. The number of benzene rings is 3. The summed E-state index contributed by atoms with van der Waals surface area (Å²) in [5.41, 5.74) is 10.8. The Kier molecular flexibility index (Phi) is 5.85. The third kappa shape index (κ3) is 4.44. The van der Waals surface area contributed by atoms with E-state index in [1.165, 1.54) is 7.05 Å². The molecule has 0 saturated carbocycles. The van der Waals surface area contributed by atoms with E-state index in [1.54, 1.807) is 24.3 Å². The van der Waals surface area contributed by atoms with Crippen molar-refractivity contribution in [3.8, 4) is 22.4 Å². The highest BCUT2D eigenvalue weighted by molar-refractivity contribution is 6.04. The first-order chi connectivity index (χ1) is 15.5. The quantitative estimate of drug-likeness (QED) is 0.326. The lowest BCUT2D eigenvalue weighted by atomic mass is 10.1. The Bertz CT molecular complexity index is 1230. The van der Waals surface area contributed by atoms with Crippen molar-refractivity contribution in [3.63, 3.8) is 0 Å². The fourth-order valence-electron chi connectivity index (χ4n) is 3.31. The second-order valence-corrected chi connectivity index (χ2v) is 7.04. The fourth-order valence-corrected chi connectivity index (χ4v) is 3.31. The van der Waals surface area contributed by atoms with Crippen LogP contribution in [0.5, 0.6) is 0 Å². The highest BCUT2D eigenvalue weighted by Crippen LogP contribution is 2.26. The number of rotatable bonds is 5. The minimum absolute atomic E-state index is 0.124. The molecule has 0 aliphatic heterocycles. The van der Waals surface area contributed by atoms with Crippen molar-refractivity contribution in [1.29, 1.82) is 0 Å². The number of urea groups is 1. The van der Waals surface area contributed by atoms with Crippen LogP contribution in [0.2, 0.25) is 0 Å². The third-order valence-electron chi connectivity index (χ3n) is 4.93. The second-order valence-electron chi connectivity index (χ2n) is 7.04. The van der Waals surface area contributed by atoms with Gasteiger partial charge in [-0.05, 0) is 35.4 Å². The van der Waals surface area contributed by atoms with E-state index in [-0.39, 0.29) is 23.3 Å². The summed E-state index contributed by atoms with van der Waals surface area (Å²) in [5, 5.41) is 14.8. The maximum atomic E-state index is 12.4. The van der Waals surface area contributed by atoms with Gasteiger partial charge >= 0.3 is 6.03 Å². The van der Waals surface area contributed by atoms with Gasteiger partial charge in [-0.3, -0.25) is 9.89 Å². The number of aromatic amines is 1. The van der Waals surface area contributed by atoms with Gasteiger partial charge in [-0.1, -0.05) is 54.6 Å². The van der Waals surface area contributed by atoms with E-state index in [0.29, 0.717) is 17.1 Å². The van der Waals surface area contributed by atoms with E-state index >= 15 is 0 Å². The van der Waals surface area contributed by atoms with Gasteiger partial charge in [-0.25, -0.2) is 4.79 Å². The normalized spacial score (nSPS) is 10.4. The Morgan fingerprint density at radius 3 is 1.88 bits per heavy atom. The fraction of sp³-hybridized carbons (Fsp3) is 0.0417. The van der Waals surface area contributed by atoms with Crippen LogP contribution >= 0.6 is 0 Å². The summed E-state index contributed by atoms with van der Waals surface area (Å²) >= 11 is 0. The van der Waals surface area contributed by atoms with Crippen LogP contribution in [0.1, 0.15) is 10.4 Å². The summed E-state index contributed by atoms with van der Waals surface area (Å²) in [4.78, 5) is 24.4. The second kappa shape index (κ2) is 9.05. The smallest absolute Gasteiger partial charge is 0.323 e. The van der Waals surface area contributed by atoms with Gasteiger partial charge < -0.3 is 21.7 Å². The summed E-state index contributed by atoms with van der Waals surface area (Å²) < 4.78 is 0. The molecule has 6 N–H and O–H groups in total. The Morgan fingerprint density at radius 1 is 0.781 bits per heavy atom. The monoisotopic (exact) mass is 426 g/mol. The Balaban J connectivity index is 1.41. The molecule has 0 unspecified atom stereocenters. The predicted octanol–water partition coefficient (Wildman–Crippen LogP) is 4.33. The van der Waals surface area contributed by atoms with Gasteiger partial charge in [0, 0.05) is 24.0 Å². The van der Waals surface area contributed by atoms with Crippen molar-refractivity contribution in [2.75, 3.05) is 23.4 Å². The molecular formula is C24H22N6O2. The number of aromatic nitrogens is 2. The molecule has 4 rings (SSSR count).